The summed E-state index contributed by atoms with van der Waals surface area (Å²) < 4.78 is 54.3. The van der Waals surface area contributed by atoms with Crippen LogP contribution in [0.15, 0.2) is 6.20 Å². The third-order valence-electron chi connectivity index (χ3n) is 2.10. The van der Waals surface area contributed by atoms with Crippen LogP contribution in [0.25, 0.3) is 0 Å². The summed E-state index contributed by atoms with van der Waals surface area (Å²) in [5.74, 6) is -4.11. The van der Waals surface area contributed by atoms with Crippen LogP contribution in [-0.2, 0) is 11.3 Å². The van der Waals surface area contributed by atoms with E-state index in [4.69, 9.17) is 11.6 Å². The molecule has 1 heterocycles. The fraction of sp³-hybridized carbons (Fsp3) is 0.667. The van der Waals surface area contributed by atoms with Crippen molar-refractivity contribution in [3.8, 4) is 0 Å². The highest BCUT2D eigenvalue weighted by atomic mass is 35.5. The normalized spacial score (nSPS) is 12.4. The smallest absolute Gasteiger partial charge is 0.330 e. The molecule has 0 radical (unpaired) electrons. The Labute approximate surface area is 100 Å². The number of hydrogen-bond acceptors (Lipinski definition) is 2. The molecule has 0 aliphatic rings. The number of hydrogen-bond donors (Lipinski definition) is 0. The van der Waals surface area contributed by atoms with E-state index in [0.29, 0.717) is 10.7 Å². The summed E-state index contributed by atoms with van der Waals surface area (Å²) in [5, 5.41) is 4.30. The summed E-state index contributed by atoms with van der Waals surface area (Å²) in [5.41, 5.74) is 0.663. The minimum atomic E-state index is -4.11. The van der Waals surface area contributed by atoms with E-state index in [1.807, 2.05) is 0 Å². The van der Waals surface area contributed by atoms with Gasteiger partial charge in [-0.2, -0.15) is 13.9 Å². The van der Waals surface area contributed by atoms with E-state index in [2.05, 4.69) is 9.84 Å². The first-order valence-electron chi connectivity index (χ1n) is 4.76. The lowest BCUT2D eigenvalue weighted by molar-refractivity contribution is -0.166. The van der Waals surface area contributed by atoms with Gasteiger partial charge in [-0.25, -0.2) is 8.78 Å². The lowest BCUT2D eigenvalue weighted by Crippen LogP contribution is -2.32. The minimum Gasteiger partial charge on any atom is -0.373 e. The van der Waals surface area contributed by atoms with Crippen LogP contribution in [0.5, 0.6) is 0 Å². The van der Waals surface area contributed by atoms with Crippen LogP contribution in [-0.4, -0.2) is 35.3 Å². The first kappa shape index (κ1) is 14.2. The van der Waals surface area contributed by atoms with Gasteiger partial charge in [0.15, 0.2) is 0 Å². The van der Waals surface area contributed by atoms with E-state index in [-0.39, 0.29) is 13.2 Å². The molecular formula is C9H11ClF4N2O. The van der Waals surface area contributed by atoms with Crippen molar-refractivity contribution in [1.82, 2.24) is 9.78 Å². The van der Waals surface area contributed by atoms with Crippen LogP contribution < -0.4 is 0 Å². The molecular weight excluding hydrogens is 264 g/mol. The third kappa shape index (κ3) is 3.85. The Bertz CT molecular complexity index is 370. The summed E-state index contributed by atoms with van der Waals surface area (Å²) in [6.45, 7) is 0.431. The van der Waals surface area contributed by atoms with Gasteiger partial charge in [-0.3, -0.25) is 4.68 Å². The molecule has 17 heavy (non-hydrogen) atoms. The van der Waals surface area contributed by atoms with Gasteiger partial charge in [0.1, 0.15) is 6.61 Å². The lowest BCUT2D eigenvalue weighted by atomic mass is 10.4. The molecule has 0 bridgehead atoms. The maximum atomic E-state index is 12.4. The molecule has 98 valence electrons. The average Bonchev–Trinajstić information content (AvgIpc) is 2.55. The zero-order valence-corrected chi connectivity index (χ0v) is 9.72. The van der Waals surface area contributed by atoms with Crippen molar-refractivity contribution in [3.63, 3.8) is 0 Å². The number of nitrogens with zero attached hydrogens (tertiary/aromatic N) is 2. The van der Waals surface area contributed by atoms with Crippen molar-refractivity contribution in [1.29, 1.82) is 0 Å². The number of rotatable bonds is 6. The van der Waals surface area contributed by atoms with E-state index in [1.54, 1.807) is 6.92 Å². The summed E-state index contributed by atoms with van der Waals surface area (Å²) in [7, 11) is 0. The van der Waals surface area contributed by atoms with Gasteiger partial charge in [-0.1, -0.05) is 11.6 Å². The molecule has 1 aromatic heterocycles. The quantitative estimate of drug-likeness (QED) is 0.589. The Morgan fingerprint density at radius 1 is 1.53 bits per heavy atom. The van der Waals surface area contributed by atoms with Crippen LogP contribution in [0.4, 0.5) is 17.6 Å². The minimum absolute atomic E-state index is 0.138. The van der Waals surface area contributed by atoms with E-state index in [1.165, 1.54) is 10.9 Å². The van der Waals surface area contributed by atoms with Crippen molar-refractivity contribution in [3.05, 3.63) is 16.9 Å². The number of halogens is 5. The molecule has 0 fully saturated rings. The molecule has 0 saturated heterocycles. The van der Waals surface area contributed by atoms with Crippen LogP contribution in [0.3, 0.4) is 0 Å². The topological polar surface area (TPSA) is 27.1 Å². The van der Waals surface area contributed by atoms with E-state index in [0.717, 1.165) is 0 Å². The first-order valence-corrected chi connectivity index (χ1v) is 5.14. The summed E-state index contributed by atoms with van der Waals surface area (Å²) in [6.07, 6.45) is -2.31. The van der Waals surface area contributed by atoms with E-state index >= 15 is 0 Å². The largest absolute Gasteiger partial charge is 0.373 e. The van der Waals surface area contributed by atoms with Crippen LogP contribution in [0.2, 0.25) is 5.02 Å². The SMILES string of the molecule is Cc1c(Cl)cnn1CCOCC(F)(F)C(F)F. The summed E-state index contributed by atoms with van der Waals surface area (Å²) in [6, 6.07) is 0. The Hall–Kier alpha value is -0.820. The summed E-state index contributed by atoms with van der Waals surface area (Å²) >= 11 is 5.71. The van der Waals surface area contributed by atoms with Crippen molar-refractivity contribution < 1.29 is 22.3 Å². The number of ether oxygens (including phenoxy) is 1. The molecule has 8 heteroatoms. The molecule has 0 spiro atoms. The highest BCUT2D eigenvalue weighted by Crippen LogP contribution is 2.22. The predicted molar refractivity (Wildman–Crippen MR) is 53.7 cm³/mol. The van der Waals surface area contributed by atoms with Gasteiger partial charge in [-0.05, 0) is 6.92 Å². The Balaban J connectivity index is 2.32. The molecule has 0 atom stereocenters. The van der Waals surface area contributed by atoms with Crippen LogP contribution >= 0.6 is 11.6 Å². The highest BCUT2D eigenvalue weighted by Gasteiger charge is 2.40. The first-order chi connectivity index (χ1) is 7.84. The van der Waals surface area contributed by atoms with Crippen molar-refractivity contribution in [2.45, 2.75) is 25.8 Å². The molecule has 0 unspecified atom stereocenters. The number of aromatic nitrogens is 2. The van der Waals surface area contributed by atoms with Crippen LogP contribution in [0, 0.1) is 6.92 Å². The Morgan fingerprint density at radius 2 is 2.18 bits per heavy atom. The second-order valence-electron chi connectivity index (χ2n) is 3.42. The van der Waals surface area contributed by atoms with Gasteiger partial charge in [0.25, 0.3) is 0 Å². The van der Waals surface area contributed by atoms with Gasteiger partial charge >= 0.3 is 12.3 Å². The maximum absolute atomic E-state index is 12.4. The van der Waals surface area contributed by atoms with Gasteiger partial charge in [0.2, 0.25) is 0 Å². The highest BCUT2D eigenvalue weighted by molar-refractivity contribution is 6.31. The zero-order valence-electron chi connectivity index (χ0n) is 8.97. The molecule has 0 aromatic carbocycles. The average molecular weight is 275 g/mol. The van der Waals surface area contributed by atoms with Gasteiger partial charge in [0.05, 0.1) is 30.1 Å². The molecule has 0 amide bonds. The molecule has 1 rings (SSSR count). The molecule has 0 aliphatic heterocycles. The number of alkyl halides is 4. The Morgan fingerprint density at radius 3 is 2.65 bits per heavy atom. The summed E-state index contributed by atoms with van der Waals surface area (Å²) in [4.78, 5) is 0. The molecule has 0 N–H and O–H groups in total. The lowest BCUT2D eigenvalue weighted by Gasteiger charge is -2.15. The molecule has 0 aliphatic carbocycles. The van der Waals surface area contributed by atoms with Crippen molar-refractivity contribution >= 4 is 11.6 Å². The fourth-order valence-corrected chi connectivity index (χ4v) is 1.21. The van der Waals surface area contributed by atoms with E-state index in [9.17, 15) is 17.6 Å². The van der Waals surface area contributed by atoms with Gasteiger partial charge in [0, 0.05) is 0 Å². The van der Waals surface area contributed by atoms with Gasteiger partial charge in [-0.15, -0.1) is 0 Å². The molecule has 0 saturated carbocycles. The third-order valence-corrected chi connectivity index (χ3v) is 2.48. The van der Waals surface area contributed by atoms with E-state index < -0.39 is 19.0 Å². The van der Waals surface area contributed by atoms with Gasteiger partial charge < -0.3 is 4.74 Å². The second kappa shape index (κ2) is 5.68. The predicted octanol–water partition coefficient (Wildman–Crippen LogP) is 2.76. The molecule has 1 aromatic rings. The monoisotopic (exact) mass is 274 g/mol. The fourth-order valence-electron chi connectivity index (χ4n) is 1.07. The van der Waals surface area contributed by atoms with Crippen LogP contribution in [0.1, 0.15) is 5.69 Å². The maximum Gasteiger partial charge on any atom is 0.330 e. The second-order valence-corrected chi connectivity index (χ2v) is 3.82. The van der Waals surface area contributed by atoms with Crippen molar-refractivity contribution in [2.75, 3.05) is 13.2 Å². The zero-order chi connectivity index (χ0) is 13.1. The van der Waals surface area contributed by atoms with Crippen molar-refractivity contribution in [2.24, 2.45) is 0 Å². The Kier molecular flexibility index (Phi) is 4.76. The standard InChI is InChI=1S/C9H11ClF4N2O/c1-6-7(10)4-15-16(6)2-3-17-5-9(13,14)8(11)12/h4,8H,2-3,5H2,1H3. The molecule has 3 nitrogen and oxygen atoms in total.